The van der Waals surface area contributed by atoms with Crippen LogP contribution >= 0.6 is 0 Å². The van der Waals surface area contributed by atoms with E-state index in [1.807, 2.05) is 24.3 Å². The number of amides is 2. The minimum absolute atomic E-state index is 0.0208. The lowest BCUT2D eigenvalue weighted by molar-refractivity contribution is -0.0650. The summed E-state index contributed by atoms with van der Waals surface area (Å²) < 4.78 is 23.3. The van der Waals surface area contributed by atoms with Crippen LogP contribution in [0.1, 0.15) is 12.8 Å². The largest absolute Gasteiger partial charge is 0.447 e. The Morgan fingerprint density at radius 2 is 2.05 bits per heavy atom. The van der Waals surface area contributed by atoms with Gasteiger partial charge in [-0.25, -0.2) is 4.79 Å². The first kappa shape index (κ1) is 13.9. The van der Waals surface area contributed by atoms with Gasteiger partial charge in [0.05, 0.1) is 6.54 Å². The first-order valence-corrected chi connectivity index (χ1v) is 9.00. The molecule has 1 N–H and O–H groups in total. The normalized spacial score (nSPS) is 28.3. The number of ether oxygens (including phenoxy) is 2. The molecular formula is C15H18N2O4S. The molecule has 2 saturated heterocycles. The summed E-state index contributed by atoms with van der Waals surface area (Å²) in [6, 6.07) is 7.46. The number of carbonyl (C=O) groups excluding carboxylic acids is 1. The van der Waals surface area contributed by atoms with Crippen LogP contribution in [0.3, 0.4) is 0 Å². The van der Waals surface area contributed by atoms with Crippen molar-refractivity contribution in [3.8, 4) is 11.5 Å². The van der Waals surface area contributed by atoms with E-state index >= 15 is 0 Å². The van der Waals surface area contributed by atoms with Crippen molar-refractivity contribution in [3.05, 3.63) is 24.3 Å². The van der Waals surface area contributed by atoms with Crippen LogP contribution in [-0.4, -0.2) is 51.6 Å². The van der Waals surface area contributed by atoms with E-state index < -0.39 is 16.6 Å². The highest BCUT2D eigenvalue weighted by atomic mass is 32.2. The summed E-state index contributed by atoms with van der Waals surface area (Å²) in [5, 5.41) is 2.96. The monoisotopic (exact) mass is 322 g/mol. The van der Waals surface area contributed by atoms with Gasteiger partial charge in [-0.3, -0.25) is 4.21 Å². The van der Waals surface area contributed by atoms with Gasteiger partial charge in [-0.05, 0) is 18.6 Å². The minimum atomic E-state index is -0.789. The number of carbonyl (C=O) groups is 1. The highest BCUT2D eigenvalue weighted by Crippen LogP contribution is 2.42. The van der Waals surface area contributed by atoms with Gasteiger partial charge < -0.3 is 19.7 Å². The second-order valence-corrected chi connectivity index (χ2v) is 7.60. The van der Waals surface area contributed by atoms with E-state index in [1.54, 1.807) is 4.90 Å². The number of hydrogen-bond acceptors (Lipinski definition) is 4. The standard InChI is InChI=1S/C15H18N2O4S/c18-14(16-11-5-8-22(19)9-11)17-7-6-15(10-17)20-12-3-1-2-4-13(12)21-15/h1-4,11H,5-10H2,(H,16,18). The summed E-state index contributed by atoms with van der Waals surface area (Å²) in [6.45, 7) is 0.999. The van der Waals surface area contributed by atoms with Gasteiger partial charge in [-0.2, -0.15) is 0 Å². The van der Waals surface area contributed by atoms with E-state index in [9.17, 15) is 9.00 Å². The average molecular weight is 322 g/mol. The number of fused-ring (bicyclic) bond motifs is 1. The van der Waals surface area contributed by atoms with Crippen LogP contribution in [0.4, 0.5) is 4.79 Å². The van der Waals surface area contributed by atoms with Crippen molar-refractivity contribution < 1.29 is 18.5 Å². The number of urea groups is 1. The molecule has 1 aromatic rings. The van der Waals surface area contributed by atoms with Gasteiger partial charge >= 0.3 is 6.03 Å². The molecule has 2 fully saturated rings. The van der Waals surface area contributed by atoms with Crippen molar-refractivity contribution in [2.24, 2.45) is 0 Å². The second kappa shape index (κ2) is 5.15. The fourth-order valence-electron chi connectivity index (χ4n) is 3.18. The Morgan fingerprint density at radius 3 is 2.68 bits per heavy atom. The Hall–Kier alpha value is -1.76. The van der Waals surface area contributed by atoms with Crippen molar-refractivity contribution in [3.63, 3.8) is 0 Å². The molecule has 1 aromatic carbocycles. The Bertz CT molecular complexity index is 611. The van der Waals surface area contributed by atoms with Gasteiger partial charge in [0, 0.05) is 41.3 Å². The quantitative estimate of drug-likeness (QED) is 0.840. The molecule has 1 spiro atoms. The van der Waals surface area contributed by atoms with E-state index in [0.29, 0.717) is 31.0 Å². The predicted molar refractivity (Wildman–Crippen MR) is 81.4 cm³/mol. The molecule has 118 valence electrons. The van der Waals surface area contributed by atoms with Crippen LogP contribution in [-0.2, 0) is 10.8 Å². The van der Waals surface area contributed by atoms with E-state index in [1.165, 1.54) is 0 Å². The van der Waals surface area contributed by atoms with Crippen LogP contribution in [0.15, 0.2) is 24.3 Å². The number of likely N-dealkylation sites (tertiary alicyclic amines) is 1. The topological polar surface area (TPSA) is 67.9 Å². The summed E-state index contributed by atoms with van der Waals surface area (Å²) in [4.78, 5) is 14.0. The van der Waals surface area contributed by atoms with E-state index in [4.69, 9.17) is 9.47 Å². The van der Waals surface area contributed by atoms with E-state index in [0.717, 1.165) is 17.9 Å². The molecule has 2 atom stereocenters. The Balaban J connectivity index is 1.39. The lowest BCUT2D eigenvalue weighted by atomic mass is 10.2. The summed E-state index contributed by atoms with van der Waals surface area (Å²) in [7, 11) is -0.789. The van der Waals surface area contributed by atoms with Crippen LogP contribution in [0.25, 0.3) is 0 Å². The fourth-order valence-corrected chi connectivity index (χ4v) is 4.59. The third kappa shape index (κ3) is 2.43. The molecule has 3 aliphatic rings. The second-order valence-electron chi connectivity index (χ2n) is 5.98. The number of para-hydroxylation sites is 2. The number of benzene rings is 1. The molecule has 2 unspecified atom stereocenters. The van der Waals surface area contributed by atoms with Crippen molar-refractivity contribution in [2.75, 3.05) is 24.6 Å². The minimum Gasteiger partial charge on any atom is -0.447 e. The highest BCUT2D eigenvalue weighted by molar-refractivity contribution is 7.85. The lowest BCUT2D eigenvalue weighted by Crippen LogP contribution is -2.48. The molecule has 2 amide bonds. The molecule has 22 heavy (non-hydrogen) atoms. The number of nitrogens with one attached hydrogen (secondary N) is 1. The van der Waals surface area contributed by atoms with Gasteiger partial charge in [0.15, 0.2) is 11.5 Å². The zero-order valence-corrected chi connectivity index (χ0v) is 12.9. The number of nitrogens with zero attached hydrogens (tertiary/aromatic N) is 1. The fraction of sp³-hybridized carbons (Fsp3) is 0.533. The summed E-state index contributed by atoms with van der Waals surface area (Å²) >= 11 is 0. The number of rotatable bonds is 1. The maximum absolute atomic E-state index is 12.3. The van der Waals surface area contributed by atoms with Gasteiger partial charge in [0.1, 0.15) is 0 Å². The van der Waals surface area contributed by atoms with Crippen molar-refractivity contribution >= 4 is 16.8 Å². The molecule has 7 heteroatoms. The number of hydrogen-bond donors (Lipinski definition) is 1. The Morgan fingerprint density at radius 1 is 1.32 bits per heavy atom. The molecule has 3 heterocycles. The Kier molecular flexibility index (Phi) is 3.25. The zero-order valence-electron chi connectivity index (χ0n) is 12.1. The molecule has 0 bridgehead atoms. The highest BCUT2D eigenvalue weighted by Gasteiger charge is 2.48. The third-order valence-electron chi connectivity index (χ3n) is 4.33. The first-order chi connectivity index (χ1) is 10.6. The summed E-state index contributed by atoms with van der Waals surface area (Å²) in [5.41, 5.74) is 0. The molecule has 0 saturated carbocycles. The van der Waals surface area contributed by atoms with Gasteiger partial charge in [-0.1, -0.05) is 12.1 Å². The van der Waals surface area contributed by atoms with E-state index in [2.05, 4.69) is 5.32 Å². The lowest BCUT2D eigenvalue weighted by Gasteiger charge is -2.24. The predicted octanol–water partition coefficient (Wildman–Crippen LogP) is 1.09. The summed E-state index contributed by atoms with van der Waals surface area (Å²) in [5.74, 6) is 1.95. The molecule has 4 rings (SSSR count). The summed E-state index contributed by atoms with van der Waals surface area (Å²) in [6.07, 6.45) is 1.43. The van der Waals surface area contributed by atoms with Crippen molar-refractivity contribution in [1.29, 1.82) is 0 Å². The van der Waals surface area contributed by atoms with Gasteiger partial charge in [0.25, 0.3) is 5.79 Å². The van der Waals surface area contributed by atoms with Crippen LogP contribution in [0.2, 0.25) is 0 Å². The van der Waals surface area contributed by atoms with Crippen molar-refractivity contribution in [2.45, 2.75) is 24.7 Å². The molecule has 6 nitrogen and oxygen atoms in total. The zero-order chi connectivity index (χ0) is 15.2. The van der Waals surface area contributed by atoms with Gasteiger partial charge in [0.2, 0.25) is 0 Å². The van der Waals surface area contributed by atoms with Gasteiger partial charge in [-0.15, -0.1) is 0 Å². The van der Waals surface area contributed by atoms with E-state index in [-0.39, 0.29) is 12.1 Å². The molecule has 0 radical (unpaired) electrons. The van der Waals surface area contributed by atoms with Crippen LogP contribution < -0.4 is 14.8 Å². The molecule has 0 aliphatic carbocycles. The SMILES string of the molecule is O=C(NC1CCS(=O)C1)N1CCC2(C1)Oc1ccccc1O2. The third-order valence-corrected chi connectivity index (χ3v) is 5.80. The molecule has 0 aromatic heterocycles. The maximum atomic E-state index is 12.3. The maximum Gasteiger partial charge on any atom is 0.317 e. The molecular weight excluding hydrogens is 304 g/mol. The average Bonchev–Trinajstić information content (AvgIpc) is 3.18. The van der Waals surface area contributed by atoms with Crippen molar-refractivity contribution in [1.82, 2.24) is 10.2 Å². The van der Waals surface area contributed by atoms with Crippen LogP contribution in [0, 0.1) is 0 Å². The Labute approximate surface area is 131 Å². The van der Waals surface area contributed by atoms with Crippen LogP contribution in [0.5, 0.6) is 11.5 Å². The first-order valence-electron chi connectivity index (χ1n) is 7.51. The molecule has 3 aliphatic heterocycles. The smallest absolute Gasteiger partial charge is 0.317 e.